The molecule has 1 aromatic rings. The van der Waals surface area contributed by atoms with E-state index in [1.165, 1.54) is 0 Å². The van der Waals surface area contributed by atoms with Gasteiger partial charge < -0.3 is 37.6 Å². The number of thiol groups is 1. The van der Waals surface area contributed by atoms with E-state index in [4.69, 9.17) is 11.5 Å². The highest BCUT2D eigenvalue weighted by Gasteiger charge is 2.29. The Morgan fingerprint density at radius 2 is 1.48 bits per heavy atom. The van der Waals surface area contributed by atoms with Gasteiger partial charge in [0.2, 0.25) is 17.7 Å². The fraction of sp³-hybridized carbons (Fsp3) is 0.524. The first-order chi connectivity index (χ1) is 15.7. The van der Waals surface area contributed by atoms with Crippen LogP contribution in [0.3, 0.4) is 0 Å². The van der Waals surface area contributed by atoms with Crippen molar-refractivity contribution in [1.82, 2.24) is 16.0 Å². The molecule has 0 bridgehead atoms. The van der Waals surface area contributed by atoms with Crippen molar-refractivity contribution in [2.75, 3.05) is 18.9 Å². The minimum Gasteiger partial charge on any atom is -0.480 e. The van der Waals surface area contributed by atoms with Gasteiger partial charge in [0.05, 0.1) is 12.6 Å². The van der Waals surface area contributed by atoms with Crippen molar-refractivity contribution in [1.29, 1.82) is 0 Å². The summed E-state index contributed by atoms with van der Waals surface area (Å²) in [6.07, 6.45) is 1.76. The molecule has 33 heavy (non-hydrogen) atoms. The summed E-state index contributed by atoms with van der Waals surface area (Å²) in [6.45, 7) is -0.252. The quantitative estimate of drug-likeness (QED) is 0.105. The molecule has 0 aliphatic rings. The molecule has 11 nitrogen and oxygen atoms in total. The molecule has 4 atom stereocenters. The highest BCUT2D eigenvalue weighted by Crippen LogP contribution is 2.05. The molecule has 1 rings (SSSR count). The van der Waals surface area contributed by atoms with Crippen LogP contribution in [0.1, 0.15) is 24.8 Å². The number of carbonyl (C=O) groups is 4. The second-order valence-electron chi connectivity index (χ2n) is 7.47. The maximum Gasteiger partial charge on any atom is 0.327 e. The van der Waals surface area contributed by atoms with E-state index in [0.29, 0.717) is 31.4 Å². The number of rotatable bonds is 15. The first-order valence-corrected chi connectivity index (χ1v) is 11.2. The van der Waals surface area contributed by atoms with Crippen LogP contribution in [-0.4, -0.2) is 77.0 Å². The molecule has 0 fully saturated rings. The maximum absolute atomic E-state index is 12.7. The van der Waals surface area contributed by atoms with Crippen LogP contribution in [-0.2, 0) is 25.6 Å². The van der Waals surface area contributed by atoms with Crippen LogP contribution in [0.15, 0.2) is 30.3 Å². The SMILES string of the molecule is NCCCCC(N)C(=O)NC(CO)C(=O)NC(Cc1ccccc1)C(=O)NC(CS)C(=O)O. The molecule has 0 aliphatic heterocycles. The number of nitrogens with one attached hydrogen (secondary N) is 3. The molecule has 0 aliphatic carbocycles. The molecule has 3 amide bonds. The van der Waals surface area contributed by atoms with Gasteiger partial charge in [-0.2, -0.15) is 12.6 Å². The van der Waals surface area contributed by atoms with Gasteiger partial charge in [-0.3, -0.25) is 14.4 Å². The van der Waals surface area contributed by atoms with Crippen LogP contribution in [0, 0.1) is 0 Å². The normalized spacial score (nSPS) is 14.4. The topological polar surface area (TPSA) is 197 Å². The molecule has 9 N–H and O–H groups in total. The summed E-state index contributed by atoms with van der Waals surface area (Å²) in [5, 5.41) is 26.0. The lowest BCUT2D eigenvalue weighted by Crippen LogP contribution is -2.58. The molecule has 0 heterocycles. The molecule has 0 radical (unpaired) electrons. The second-order valence-corrected chi connectivity index (χ2v) is 7.83. The molecule has 1 aromatic carbocycles. The Labute approximate surface area is 198 Å². The van der Waals surface area contributed by atoms with Crippen LogP contribution in [0.25, 0.3) is 0 Å². The van der Waals surface area contributed by atoms with Gasteiger partial charge >= 0.3 is 5.97 Å². The Kier molecular flexibility index (Phi) is 13.1. The van der Waals surface area contributed by atoms with E-state index in [1.807, 2.05) is 0 Å². The Balaban J connectivity index is 2.89. The average molecular weight is 484 g/mol. The molecule has 12 heteroatoms. The van der Waals surface area contributed by atoms with E-state index in [2.05, 4.69) is 28.6 Å². The van der Waals surface area contributed by atoms with Crippen LogP contribution in [0.4, 0.5) is 0 Å². The maximum atomic E-state index is 12.7. The Morgan fingerprint density at radius 1 is 0.909 bits per heavy atom. The molecule has 0 aromatic heterocycles. The minimum absolute atomic E-state index is 0.0576. The predicted octanol–water partition coefficient (Wildman–Crippen LogP) is -1.85. The number of hydrogen-bond donors (Lipinski definition) is 8. The van der Waals surface area contributed by atoms with Crippen molar-refractivity contribution in [3.8, 4) is 0 Å². The highest BCUT2D eigenvalue weighted by atomic mass is 32.1. The molecule has 0 saturated heterocycles. The third-order valence-electron chi connectivity index (χ3n) is 4.83. The number of benzene rings is 1. The van der Waals surface area contributed by atoms with Crippen molar-refractivity contribution in [3.63, 3.8) is 0 Å². The standard InChI is InChI=1S/C21H33N5O6S/c22-9-5-4-8-14(23)18(28)25-16(11-27)20(30)24-15(10-13-6-2-1-3-7-13)19(29)26-17(12-33)21(31)32/h1-3,6-7,14-17,27,33H,4-5,8-12,22-23H2,(H,24,30)(H,25,28)(H,26,29)(H,31,32). The van der Waals surface area contributed by atoms with E-state index >= 15 is 0 Å². The Bertz CT molecular complexity index is 782. The van der Waals surface area contributed by atoms with Crippen LogP contribution in [0.5, 0.6) is 0 Å². The summed E-state index contributed by atoms with van der Waals surface area (Å²) in [7, 11) is 0. The molecular formula is C21H33N5O6S. The van der Waals surface area contributed by atoms with Gasteiger partial charge in [0.15, 0.2) is 0 Å². The lowest BCUT2D eigenvalue weighted by Gasteiger charge is -2.24. The number of nitrogens with two attached hydrogens (primary N) is 2. The summed E-state index contributed by atoms with van der Waals surface area (Å²) < 4.78 is 0. The van der Waals surface area contributed by atoms with Gasteiger partial charge in [0, 0.05) is 12.2 Å². The number of carbonyl (C=O) groups excluding carboxylic acids is 3. The van der Waals surface area contributed by atoms with Gasteiger partial charge in [-0.1, -0.05) is 36.8 Å². The largest absolute Gasteiger partial charge is 0.480 e. The Morgan fingerprint density at radius 3 is 2.03 bits per heavy atom. The molecule has 184 valence electrons. The van der Waals surface area contributed by atoms with Crippen LogP contribution >= 0.6 is 12.6 Å². The number of aliphatic hydroxyl groups is 1. The average Bonchev–Trinajstić information content (AvgIpc) is 2.80. The third-order valence-corrected chi connectivity index (χ3v) is 5.20. The van der Waals surface area contributed by atoms with E-state index in [1.54, 1.807) is 30.3 Å². The van der Waals surface area contributed by atoms with Crippen LogP contribution in [0.2, 0.25) is 0 Å². The number of unbranched alkanes of at least 4 members (excludes halogenated alkanes) is 1. The first-order valence-electron chi connectivity index (χ1n) is 10.6. The summed E-state index contributed by atoms with van der Waals surface area (Å²) in [5.74, 6) is -3.59. The number of hydrogen-bond acceptors (Lipinski definition) is 8. The third kappa shape index (κ3) is 10.2. The summed E-state index contributed by atoms with van der Waals surface area (Å²) in [4.78, 5) is 49.0. The summed E-state index contributed by atoms with van der Waals surface area (Å²) >= 11 is 3.92. The fourth-order valence-corrected chi connectivity index (χ4v) is 3.15. The van der Waals surface area contributed by atoms with E-state index in [-0.39, 0.29) is 12.2 Å². The molecular weight excluding hydrogens is 450 g/mol. The van der Waals surface area contributed by atoms with Gasteiger partial charge in [0.1, 0.15) is 18.1 Å². The van der Waals surface area contributed by atoms with Crippen molar-refractivity contribution in [2.24, 2.45) is 11.5 Å². The number of aliphatic hydroxyl groups excluding tert-OH is 1. The zero-order valence-electron chi connectivity index (χ0n) is 18.3. The lowest BCUT2D eigenvalue weighted by atomic mass is 10.0. The van der Waals surface area contributed by atoms with E-state index in [0.717, 1.165) is 0 Å². The second kappa shape index (κ2) is 15.2. The van der Waals surface area contributed by atoms with Gasteiger partial charge in [0.25, 0.3) is 0 Å². The molecule has 0 spiro atoms. The van der Waals surface area contributed by atoms with E-state index in [9.17, 15) is 29.4 Å². The molecule has 0 saturated carbocycles. The van der Waals surface area contributed by atoms with Crippen molar-refractivity contribution < 1.29 is 29.4 Å². The van der Waals surface area contributed by atoms with E-state index < -0.39 is 54.5 Å². The highest BCUT2D eigenvalue weighted by molar-refractivity contribution is 7.80. The van der Waals surface area contributed by atoms with Crippen LogP contribution < -0.4 is 27.4 Å². The number of carboxylic acids is 1. The number of amides is 3. The zero-order valence-corrected chi connectivity index (χ0v) is 19.2. The Hall–Kier alpha value is -2.67. The minimum atomic E-state index is -1.34. The smallest absolute Gasteiger partial charge is 0.327 e. The summed E-state index contributed by atoms with van der Waals surface area (Å²) in [6, 6.07) is 4.13. The summed E-state index contributed by atoms with van der Waals surface area (Å²) in [5.41, 5.74) is 11.9. The van der Waals surface area contributed by atoms with Crippen molar-refractivity contribution in [3.05, 3.63) is 35.9 Å². The monoisotopic (exact) mass is 483 g/mol. The van der Waals surface area contributed by atoms with Gasteiger partial charge in [-0.05, 0) is 24.9 Å². The van der Waals surface area contributed by atoms with Crippen molar-refractivity contribution >= 4 is 36.3 Å². The lowest BCUT2D eigenvalue weighted by molar-refractivity contribution is -0.141. The van der Waals surface area contributed by atoms with Gasteiger partial charge in [-0.15, -0.1) is 0 Å². The number of carboxylic acid groups (broad SMARTS) is 1. The predicted molar refractivity (Wildman–Crippen MR) is 125 cm³/mol. The molecule has 4 unspecified atom stereocenters. The van der Waals surface area contributed by atoms with Gasteiger partial charge in [-0.25, -0.2) is 4.79 Å². The van der Waals surface area contributed by atoms with Crippen molar-refractivity contribution in [2.45, 2.75) is 49.9 Å². The first kappa shape index (κ1) is 28.4. The fourth-order valence-electron chi connectivity index (χ4n) is 2.90. The number of aliphatic carboxylic acids is 1. The zero-order chi connectivity index (χ0) is 24.8.